The Labute approximate surface area is 140 Å². The summed E-state index contributed by atoms with van der Waals surface area (Å²) in [6.07, 6.45) is 2.63. The highest BCUT2D eigenvalue weighted by molar-refractivity contribution is 7.92. The zero-order chi connectivity index (χ0) is 17.6. The van der Waals surface area contributed by atoms with Crippen molar-refractivity contribution < 1.29 is 17.6 Å². The van der Waals surface area contributed by atoms with Gasteiger partial charge in [-0.05, 0) is 42.3 Å². The van der Waals surface area contributed by atoms with Crippen LogP contribution in [0.15, 0.2) is 48.7 Å². The van der Waals surface area contributed by atoms with Crippen LogP contribution in [0.2, 0.25) is 0 Å². The molecule has 0 unspecified atom stereocenters. The van der Waals surface area contributed by atoms with E-state index in [4.69, 9.17) is 0 Å². The van der Waals surface area contributed by atoms with Crippen LogP contribution >= 0.6 is 0 Å². The minimum absolute atomic E-state index is 0.0791. The summed E-state index contributed by atoms with van der Waals surface area (Å²) >= 11 is 0. The lowest BCUT2D eigenvalue weighted by molar-refractivity contribution is -0.117. The van der Waals surface area contributed by atoms with E-state index in [1.165, 1.54) is 12.1 Å². The average molecular weight is 346 g/mol. The number of sulfonamides is 1. The van der Waals surface area contributed by atoms with Gasteiger partial charge < -0.3 is 0 Å². The number of hydrogen-bond donors (Lipinski definition) is 0. The van der Waals surface area contributed by atoms with Crippen molar-refractivity contribution in [2.45, 2.75) is 12.8 Å². The van der Waals surface area contributed by atoms with Gasteiger partial charge in [-0.25, -0.2) is 22.1 Å². The van der Waals surface area contributed by atoms with Gasteiger partial charge in [0, 0.05) is 19.0 Å². The summed E-state index contributed by atoms with van der Waals surface area (Å²) in [5.41, 5.74) is 0.671. The lowest BCUT2D eigenvalue weighted by atomic mass is 10.2. The van der Waals surface area contributed by atoms with Gasteiger partial charge in [0.05, 0.1) is 11.9 Å². The summed E-state index contributed by atoms with van der Waals surface area (Å²) in [7, 11) is -3.82. The number of aromatic nitrogens is 1. The molecular weight excluding hydrogens is 331 g/mol. The second-order valence-corrected chi connectivity index (χ2v) is 6.75. The molecule has 7 heteroatoms. The fourth-order valence-corrected chi connectivity index (χ4v) is 2.92. The van der Waals surface area contributed by atoms with E-state index in [2.05, 4.69) is 16.8 Å². The first kappa shape index (κ1) is 17.6. The summed E-state index contributed by atoms with van der Waals surface area (Å²) in [4.78, 5) is 16.3. The van der Waals surface area contributed by atoms with E-state index < -0.39 is 21.7 Å². The van der Waals surface area contributed by atoms with Crippen LogP contribution in [0, 0.1) is 17.7 Å². The molecule has 0 atom stereocenters. The number of pyridine rings is 1. The van der Waals surface area contributed by atoms with E-state index >= 15 is 0 Å². The third-order valence-electron chi connectivity index (χ3n) is 2.96. The van der Waals surface area contributed by atoms with Gasteiger partial charge in [-0.2, -0.15) is 0 Å². The Bertz CT molecular complexity index is 870. The third-order valence-corrected chi connectivity index (χ3v) is 4.04. The van der Waals surface area contributed by atoms with Gasteiger partial charge in [-0.1, -0.05) is 12.0 Å². The quantitative estimate of drug-likeness (QED) is 0.797. The van der Waals surface area contributed by atoms with Crippen LogP contribution in [0.25, 0.3) is 0 Å². The third kappa shape index (κ3) is 4.89. The van der Waals surface area contributed by atoms with Gasteiger partial charge in [0.1, 0.15) is 11.5 Å². The summed E-state index contributed by atoms with van der Waals surface area (Å²) in [5, 5.41) is 0. The number of anilines is 1. The van der Waals surface area contributed by atoms with Gasteiger partial charge >= 0.3 is 0 Å². The highest BCUT2D eigenvalue weighted by atomic mass is 32.2. The van der Waals surface area contributed by atoms with E-state index in [0.717, 1.165) is 18.4 Å². The standard InChI is InChI=1S/C17H15FN2O3S/c1-24(22,23)20(16-11-9-14(18)10-12-16)17(21)8-3-2-6-15-7-4-5-13-19-15/h4-5,7,9-13H,3,8H2,1H3. The molecule has 0 bridgehead atoms. The van der Waals surface area contributed by atoms with Gasteiger partial charge in [0.2, 0.25) is 15.9 Å². The Kier molecular flexibility index (Phi) is 5.66. The summed E-state index contributed by atoms with van der Waals surface area (Å²) in [6.45, 7) is 0. The smallest absolute Gasteiger partial charge is 0.241 e. The van der Waals surface area contributed by atoms with Crippen LogP contribution in [0.1, 0.15) is 18.5 Å². The average Bonchev–Trinajstić information content (AvgIpc) is 2.53. The molecule has 0 radical (unpaired) electrons. The van der Waals surface area contributed by atoms with Crippen molar-refractivity contribution in [3.8, 4) is 11.8 Å². The Morgan fingerprint density at radius 3 is 2.50 bits per heavy atom. The normalized spacial score (nSPS) is 10.6. The summed E-state index contributed by atoms with van der Waals surface area (Å²) < 4.78 is 37.4. The Balaban J connectivity index is 2.09. The van der Waals surface area contributed by atoms with Gasteiger partial charge in [-0.15, -0.1) is 0 Å². The number of hydrogen-bond acceptors (Lipinski definition) is 4. The zero-order valence-corrected chi connectivity index (χ0v) is 13.8. The fourth-order valence-electron chi connectivity index (χ4n) is 1.96. The number of carbonyl (C=O) groups is 1. The molecule has 24 heavy (non-hydrogen) atoms. The van der Waals surface area contributed by atoms with Crippen LogP contribution in [-0.4, -0.2) is 25.6 Å². The maximum atomic E-state index is 13.0. The van der Waals surface area contributed by atoms with E-state index in [-0.39, 0.29) is 18.5 Å². The molecule has 1 heterocycles. The van der Waals surface area contributed by atoms with Crippen molar-refractivity contribution in [3.63, 3.8) is 0 Å². The lowest BCUT2D eigenvalue weighted by Gasteiger charge is -2.19. The van der Waals surface area contributed by atoms with Crippen molar-refractivity contribution >= 4 is 21.6 Å². The molecule has 0 saturated heterocycles. The SMILES string of the molecule is CS(=O)(=O)N(C(=O)CCC#Cc1ccccn1)c1ccc(F)cc1. The van der Waals surface area contributed by atoms with Crippen LogP contribution < -0.4 is 4.31 Å². The van der Waals surface area contributed by atoms with Gasteiger partial charge in [-0.3, -0.25) is 4.79 Å². The highest BCUT2D eigenvalue weighted by Gasteiger charge is 2.24. The predicted molar refractivity (Wildman–Crippen MR) is 89.1 cm³/mol. The van der Waals surface area contributed by atoms with Crippen molar-refractivity contribution in [1.82, 2.24) is 4.98 Å². The van der Waals surface area contributed by atoms with E-state index in [1.54, 1.807) is 24.4 Å². The highest BCUT2D eigenvalue weighted by Crippen LogP contribution is 2.19. The van der Waals surface area contributed by atoms with Crippen molar-refractivity contribution in [3.05, 3.63) is 60.2 Å². The topological polar surface area (TPSA) is 67.3 Å². The molecule has 124 valence electrons. The Morgan fingerprint density at radius 1 is 1.21 bits per heavy atom. The first-order valence-corrected chi connectivity index (χ1v) is 8.91. The van der Waals surface area contributed by atoms with Gasteiger partial charge in [0.25, 0.3) is 0 Å². The summed E-state index contributed by atoms with van der Waals surface area (Å²) in [5.74, 6) is 4.44. The number of carbonyl (C=O) groups excluding carboxylic acids is 1. The molecule has 2 aromatic rings. The molecule has 1 aromatic carbocycles. The van der Waals surface area contributed by atoms with Crippen molar-refractivity contribution in [2.75, 3.05) is 10.6 Å². The maximum Gasteiger partial charge on any atom is 0.241 e. The number of halogens is 1. The van der Waals surface area contributed by atoms with Crippen molar-refractivity contribution in [2.24, 2.45) is 0 Å². The van der Waals surface area contributed by atoms with Crippen LogP contribution in [0.4, 0.5) is 10.1 Å². The first-order chi connectivity index (χ1) is 11.4. The molecule has 0 aliphatic heterocycles. The van der Waals surface area contributed by atoms with Crippen LogP contribution in [0.3, 0.4) is 0 Å². The van der Waals surface area contributed by atoms with Crippen LogP contribution in [0.5, 0.6) is 0 Å². The molecule has 0 N–H and O–H groups in total. The minimum atomic E-state index is -3.82. The van der Waals surface area contributed by atoms with Gasteiger partial charge in [0.15, 0.2) is 0 Å². The van der Waals surface area contributed by atoms with E-state index in [9.17, 15) is 17.6 Å². The molecule has 0 aliphatic carbocycles. The largest absolute Gasteiger partial charge is 0.273 e. The maximum absolute atomic E-state index is 13.0. The molecular formula is C17H15FN2O3S. The molecule has 2 rings (SSSR count). The molecule has 1 aromatic heterocycles. The predicted octanol–water partition coefficient (Wildman–Crippen LogP) is 2.35. The number of nitrogens with zero attached hydrogens (tertiary/aromatic N) is 2. The second-order valence-electron chi connectivity index (χ2n) is 4.91. The Hall–Kier alpha value is -2.72. The fraction of sp³-hybridized carbons (Fsp3) is 0.176. The monoisotopic (exact) mass is 346 g/mol. The molecule has 5 nitrogen and oxygen atoms in total. The molecule has 0 saturated carbocycles. The molecule has 0 fully saturated rings. The van der Waals surface area contributed by atoms with Crippen LogP contribution in [-0.2, 0) is 14.8 Å². The molecule has 0 spiro atoms. The summed E-state index contributed by atoms with van der Waals surface area (Å²) in [6, 6.07) is 9.98. The van der Waals surface area contributed by atoms with Crippen molar-refractivity contribution in [1.29, 1.82) is 0 Å². The zero-order valence-electron chi connectivity index (χ0n) is 12.9. The lowest BCUT2D eigenvalue weighted by Crippen LogP contribution is -2.35. The Morgan fingerprint density at radius 2 is 1.92 bits per heavy atom. The second kappa shape index (κ2) is 7.70. The van der Waals surface area contributed by atoms with E-state index in [1.807, 2.05) is 0 Å². The molecule has 1 amide bonds. The number of benzene rings is 1. The first-order valence-electron chi connectivity index (χ1n) is 7.06. The number of amides is 1. The number of rotatable bonds is 4. The van der Waals surface area contributed by atoms with E-state index in [0.29, 0.717) is 10.00 Å². The molecule has 0 aliphatic rings. The minimum Gasteiger partial charge on any atom is -0.273 e.